The molecule has 0 spiro atoms. The molecule has 1 aliphatic carbocycles. The lowest BCUT2D eigenvalue weighted by molar-refractivity contribution is -0.137. The Hall–Kier alpha value is -2.78. The minimum absolute atomic E-state index is 0.0556. The van der Waals surface area contributed by atoms with Gasteiger partial charge in [0.05, 0.1) is 18.2 Å². The van der Waals surface area contributed by atoms with Gasteiger partial charge < -0.3 is 10.6 Å². The first-order valence-electron chi connectivity index (χ1n) is 10.3. The average molecular weight is 438 g/mol. The lowest BCUT2D eigenvalue weighted by Gasteiger charge is -2.35. The monoisotopic (exact) mass is 438 g/mol. The van der Waals surface area contributed by atoms with E-state index in [1.165, 1.54) is 6.07 Å². The van der Waals surface area contributed by atoms with E-state index in [0.717, 1.165) is 56.8 Å². The molecule has 1 saturated carbocycles. The molecule has 1 aromatic rings. The quantitative estimate of drug-likeness (QED) is 0.404. The summed E-state index contributed by atoms with van der Waals surface area (Å²) in [6, 6.07) is 4.08. The topological polar surface area (TPSA) is 110 Å². The molecule has 8 nitrogen and oxygen atoms in total. The Kier molecular flexibility index (Phi) is 7.40. The molecule has 168 valence electrons. The Morgan fingerprint density at radius 2 is 2.00 bits per heavy atom. The highest BCUT2D eigenvalue weighted by atomic mass is 19.4. The van der Waals surface area contributed by atoms with Crippen LogP contribution in [0, 0.1) is 0 Å². The van der Waals surface area contributed by atoms with Crippen molar-refractivity contribution in [3.63, 3.8) is 0 Å². The Morgan fingerprint density at radius 3 is 2.74 bits per heavy atom. The summed E-state index contributed by atoms with van der Waals surface area (Å²) >= 11 is 0. The summed E-state index contributed by atoms with van der Waals surface area (Å²) in [7, 11) is 0. The van der Waals surface area contributed by atoms with E-state index in [0.29, 0.717) is 6.54 Å². The van der Waals surface area contributed by atoms with Gasteiger partial charge in [-0.2, -0.15) is 13.2 Å². The number of rotatable bonds is 6. The van der Waals surface area contributed by atoms with Gasteiger partial charge in [-0.25, -0.2) is 0 Å². The molecular weight excluding hydrogens is 413 g/mol. The van der Waals surface area contributed by atoms with Crippen molar-refractivity contribution in [2.75, 3.05) is 19.6 Å². The van der Waals surface area contributed by atoms with Gasteiger partial charge in [0.1, 0.15) is 0 Å². The van der Waals surface area contributed by atoms with E-state index in [4.69, 9.17) is 5.53 Å². The number of amides is 2. The van der Waals surface area contributed by atoms with Crippen LogP contribution in [0.1, 0.15) is 48.0 Å². The minimum atomic E-state index is -4.54. The minimum Gasteiger partial charge on any atom is -0.350 e. The highest BCUT2D eigenvalue weighted by molar-refractivity contribution is 5.96. The van der Waals surface area contributed by atoms with Crippen LogP contribution in [0.2, 0.25) is 0 Å². The van der Waals surface area contributed by atoms with Gasteiger partial charge in [-0.15, -0.1) is 0 Å². The fourth-order valence-corrected chi connectivity index (χ4v) is 4.30. The van der Waals surface area contributed by atoms with Crippen LogP contribution >= 0.6 is 0 Å². The van der Waals surface area contributed by atoms with Crippen molar-refractivity contribution in [3.05, 3.63) is 45.8 Å². The number of nitrogens with one attached hydrogen (secondary N) is 2. The van der Waals surface area contributed by atoms with Gasteiger partial charge in [0, 0.05) is 35.6 Å². The molecule has 1 heterocycles. The third-order valence-corrected chi connectivity index (χ3v) is 5.81. The Labute approximate surface area is 177 Å². The zero-order valence-corrected chi connectivity index (χ0v) is 16.9. The van der Waals surface area contributed by atoms with Crippen LogP contribution < -0.4 is 10.6 Å². The molecular formula is C20H25F3N6O2. The lowest BCUT2D eigenvalue weighted by Crippen LogP contribution is -2.46. The largest absolute Gasteiger partial charge is 0.416 e. The first kappa shape index (κ1) is 22.9. The zero-order chi connectivity index (χ0) is 22.4. The number of hydrogen-bond acceptors (Lipinski definition) is 4. The fraction of sp³-hybridized carbons (Fsp3) is 0.600. The average Bonchev–Trinajstić information content (AvgIpc) is 3.20. The van der Waals surface area contributed by atoms with Crippen molar-refractivity contribution in [2.24, 2.45) is 5.11 Å². The lowest BCUT2D eigenvalue weighted by atomic mass is 9.90. The van der Waals surface area contributed by atoms with Crippen LogP contribution in [0.5, 0.6) is 0 Å². The van der Waals surface area contributed by atoms with Crippen LogP contribution in [0.3, 0.4) is 0 Å². The SMILES string of the molecule is [N-]=[N+]=N[C@@H]1CCCC[C@@H]1N1CC[C@@H](NC(=O)CNC(=O)c2cccc(C(F)(F)F)c2)C1. The Morgan fingerprint density at radius 1 is 1.23 bits per heavy atom. The Balaban J connectivity index is 1.47. The molecule has 0 unspecified atom stereocenters. The van der Waals surface area contributed by atoms with Gasteiger partial charge in [0.15, 0.2) is 0 Å². The number of nitrogens with zero attached hydrogens (tertiary/aromatic N) is 4. The molecule has 0 aromatic heterocycles. The highest BCUT2D eigenvalue weighted by Gasteiger charge is 2.34. The number of alkyl halides is 3. The molecule has 1 saturated heterocycles. The second-order valence-electron chi connectivity index (χ2n) is 7.93. The smallest absolute Gasteiger partial charge is 0.350 e. The van der Waals surface area contributed by atoms with E-state index in [9.17, 15) is 22.8 Å². The van der Waals surface area contributed by atoms with E-state index < -0.39 is 23.6 Å². The van der Waals surface area contributed by atoms with Gasteiger partial charge in [0.2, 0.25) is 5.91 Å². The van der Waals surface area contributed by atoms with Gasteiger partial charge in [-0.1, -0.05) is 24.0 Å². The number of halogens is 3. The number of azide groups is 1. The third-order valence-electron chi connectivity index (χ3n) is 5.81. The normalized spacial score (nSPS) is 24.3. The van der Waals surface area contributed by atoms with Gasteiger partial charge in [-0.3, -0.25) is 14.5 Å². The third kappa shape index (κ3) is 6.11. The summed E-state index contributed by atoms with van der Waals surface area (Å²) in [5.74, 6) is -1.14. The highest BCUT2D eigenvalue weighted by Crippen LogP contribution is 2.30. The maximum atomic E-state index is 12.8. The van der Waals surface area contributed by atoms with Crippen LogP contribution in [-0.4, -0.2) is 54.5 Å². The van der Waals surface area contributed by atoms with Crippen molar-refractivity contribution in [2.45, 2.75) is 56.4 Å². The molecule has 1 aromatic carbocycles. The van der Waals surface area contributed by atoms with Gasteiger partial charge >= 0.3 is 6.18 Å². The molecule has 2 amide bonds. The molecule has 2 aliphatic rings. The van der Waals surface area contributed by atoms with Crippen molar-refractivity contribution in [1.82, 2.24) is 15.5 Å². The van der Waals surface area contributed by atoms with Crippen LogP contribution in [0.4, 0.5) is 13.2 Å². The number of likely N-dealkylation sites (tertiary alicyclic amines) is 1. The number of benzene rings is 1. The van der Waals surface area contributed by atoms with E-state index in [-0.39, 0.29) is 30.2 Å². The van der Waals surface area contributed by atoms with E-state index >= 15 is 0 Å². The molecule has 2 fully saturated rings. The second kappa shape index (κ2) is 10.0. The summed E-state index contributed by atoms with van der Waals surface area (Å²) in [6.45, 7) is 1.09. The van der Waals surface area contributed by atoms with Crippen LogP contribution in [-0.2, 0) is 11.0 Å². The summed E-state index contributed by atoms with van der Waals surface area (Å²) in [5, 5.41) is 9.15. The van der Waals surface area contributed by atoms with Crippen molar-refractivity contribution in [1.29, 1.82) is 0 Å². The number of hydrogen-bond donors (Lipinski definition) is 2. The first-order chi connectivity index (χ1) is 14.8. The predicted octanol–water partition coefficient (Wildman–Crippen LogP) is 3.25. The molecule has 2 N–H and O–H groups in total. The van der Waals surface area contributed by atoms with Crippen molar-refractivity contribution in [3.8, 4) is 0 Å². The molecule has 0 bridgehead atoms. The molecule has 1 aliphatic heterocycles. The summed E-state index contributed by atoms with van der Waals surface area (Å²) in [5.41, 5.74) is 7.71. The fourth-order valence-electron chi connectivity index (χ4n) is 4.30. The van der Waals surface area contributed by atoms with Crippen molar-refractivity contribution < 1.29 is 22.8 Å². The summed E-state index contributed by atoms with van der Waals surface area (Å²) in [4.78, 5) is 29.5. The standard InChI is InChI=1S/C20H25F3N6O2/c21-20(22,23)14-5-3-4-13(10-14)19(31)25-11-18(30)26-15-8-9-29(12-15)17-7-2-1-6-16(17)27-28-24/h3-5,10,15-17H,1-2,6-9,11-12H2,(H,25,31)(H,26,30)/t15-,16-,17+/m1/s1. The number of carbonyl (C=O) groups excluding carboxylic acids is 2. The predicted molar refractivity (Wildman–Crippen MR) is 107 cm³/mol. The molecule has 3 atom stereocenters. The molecule has 31 heavy (non-hydrogen) atoms. The van der Waals surface area contributed by atoms with E-state index in [2.05, 4.69) is 25.6 Å². The van der Waals surface area contributed by atoms with Crippen LogP contribution in [0.25, 0.3) is 10.4 Å². The Bertz CT molecular complexity index is 856. The summed E-state index contributed by atoms with van der Waals surface area (Å²) in [6.07, 6.45) is 0.142. The zero-order valence-electron chi connectivity index (χ0n) is 16.9. The van der Waals surface area contributed by atoms with Crippen molar-refractivity contribution >= 4 is 11.8 Å². The number of carbonyl (C=O) groups is 2. The van der Waals surface area contributed by atoms with Gasteiger partial charge in [-0.05, 0) is 43.0 Å². The maximum absolute atomic E-state index is 12.8. The molecule has 11 heteroatoms. The molecule has 3 rings (SSSR count). The van der Waals surface area contributed by atoms with E-state index in [1.807, 2.05) is 0 Å². The van der Waals surface area contributed by atoms with E-state index in [1.54, 1.807) is 0 Å². The first-order valence-corrected chi connectivity index (χ1v) is 10.3. The van der Waals surface area contributed by atoms with Gasteiger partial charge in [0.25, 0.3) is 5.91 Å². The summed E-state index contributed by atoms with van der Waals surface area (Å²) < 4.78 is 38.3. The molecule has 0 radical (unpaired) electrons. The second-order valence-corrected chi connectivity index (χ2v) is 7.93. The van der Waals surface area contributed by atoms with Crippen LogP contribution in [0.15, 0.2) is 29.4 Å². The maximum Gasteiger partial charge on any atom is 0.416 e.